The van der Waals surface area contributed by atoms with Crippen molar-refractivity contribution in [1.29, 1.82) is 0 Å². The molecular weight excluding hydrogens is 280 g/mol. The van der Waals surface area contributed by atoms with Gasteiger partial charge in [0.2, 0.25) is 0 Å². The highest BCUT2D eigenvalue weighted by Gasteiger charge is 2.20. The summed E-state index contributed by atoms with van der Waals surface area (Å²) in [6.45, 7) is 1.11. The molecule has 1 aliphatic heterocycles. The minimum Gasteiger partial charge on any atom is -0.480 e. The minimum absolute atomic E-state index is 0.372. The lowest BCUT2D eigenvalue weighted by Gasteiger charge is -2.22. The molecule has 20 heavy (non-hydrogen) atoms. The van der Waals surface area contributed by atoms with Crippen molar-refractivity contribution in [2.75, 3.05) is 31.8 Å². The van der Waals surface area contributed by atoms with Crippen LogP contribution in [0.3, 0.4) is 0 Å². The molecule has 2 amide bonds. The summed E-state index contributed by atoms with van der Waals surface area (Å²) >= 11 is 1.94. The highest BCUT2D eigenvalue weighted by atomic mass is 32.2. The molecule has 1 unspecified atom stereocenters. The first-order valence-corrected chi connectivity index (χ1v) is 8.12. The van der Waals surface area contributed by atoms with Crippen LogP contribution in [0, 0.1) is 5.92 Å². The van der Waals surface area contributed by atoms with Crippen molar-refractivity contribution in [3.05, 3.63) is 0 Å². The molecule has 116 valence electrons. The molecule has 1 fully saturated rings. The molecule has 1 rings (SSSR count). The number of ether oxygens (including phenoxy) is 1. The van der Waals surface area contributed by atoms with E-state index < -0.39 is 18.0 Å². The lowest BCUT2D eigenvalue weighted by molar-refractivity contribution is -0.139. The van der Waals surface area contributed by atoms with E-state index in [4.69, 9.17) is 9.84 Å². The van der Waals surface area contributed by atoms with Crippen molar-refractivity contribution < 1.29 is 19.4 Å². The zero-order valence-electron chi connectivity index (χ0n) is 11.9. The molecule has 0 saturated carbocycles. The van der Waals surface area contributed by atoms with Crippen LogP contribution in [0.25, 0.3) is 0 Å². The molecule has 1 atom stereocenters. The first-order valence-electron chi connectivity index (χ1n) is 6.97. The second-order valence-electron chi connectivity index (χ2n) is 4.94. The monoisotopic (exact) mass is 304 g/mol. The van der Waals surface area contributed by atoms with Crippen molar-refractivity contribution in [1.82, 2.24) is 10.6 Å². The number of rotatable bonds is 8. The summed E-state index contributed by atoms with van der Waals surface area (Å²) in [5.74, 6) is 1.79. The third-order valence-corrected chi connectivity index (χ3v) is 4.39. The molecule has 0 aromatic carbocycles. The maximum Gasteiger partial charge on any atom is 0.326 e. The van der Waals surface area contributed by atoms with Crippen LogP contribution in [0.5, 0.6) is 0 Å². The Labute approximate surface area is 124 Å². The van der Waals surface area contributed by atoms with E-state index in [2.05, 4.69) is 10.6 Å². The number of methoxy groups -OCH3 is 1. The summed E-state index contributed by atoms with van der Waals surface area (Å²) in [5.41, 5.74) is 0. The average Bonchev–Trinajstić information content (AvgIpc) is 2.45. The molecule has 1 aliphatic rings. The molecule has 6 nitrogen and oxygen atoms in total. The molecule has 0 spiro atoms. The third-order valence-electron chi connectivity index (χ3n) is 3.34. The lowest BCUT2D eigenvalue weighted by atomic mass is 10.0. The average molecular weight is 304 g/mol. The molecule has 0 radical (unpaired) electrons. The van der Waals surface area contributed by atoms with Gasteiger partial charge in [0.05, 0.1) is 0 Å². The number of amides is 2. The number of nitrogens with one attached hydrogen (secondary N) is 2. The Morgan fingerprint density at radius 1 is 1.40 bits per heavy atom. The Kier molecular flexibility index (Phi) is 8.45. The van der Waals surface area contributed by atoms with Gasteiger partial charge in [-0.15, -0.1) is 0 Å². The number of hydrogen-bond acceptors (Lipinski definition) is 4. The van der Waals surface area contributed by atoms with Crippen LogP contribution in [0.2, 0.25) is 0 Å². The molecule has 0 aromatic heterocycles. The number of carboxylic acid groups (broad SMARTS) is 1. The largest absolute Gasteiger partial charge is 0.480 e. The van der Waals surface area contributed by atoms with E-state index in [1.165, 1.54) is 0 Å². The van der Waals surface area contributed by atoms with Crippen LogP contribution in [-0.2, 0) is 9.53 Å². The molecule has 3 N–H and O–H groups in total. The van der Waals surface area contributed by atoms with Gasteiger partial charge in [0, 0.05) is 20.3 Å². The van der Waals surface area contributed by atoms with Gasteiger partial charge < -0.3 is 20.5 Å². The standard InChI is InChI=1S/C13H24N2O4S/c1-19-6-2-3-11(12(16)17)15-13(18)14-9-10-4-7-20-8-5-10/h10-11H,2-9H2,1H3,(H,16,17)(H2,14,15,18). The summed E-state index contributed by atoms with van der Waals surface area (Å²) in [5, 5.41) is 14.3. The number of aliphatic carboxylic acids is 1. The number of carbonyl (C=O) groups excluding carboxylic acids is 1. The third kappa shape index (κ3) is 7.00. The van der Waals surface area contributed by atoms with E-state index in [1.807, 2.05) is 11.8 Å². The van der Waals surface area contributed by atoms with Crippen LogP contribution < -0.4 is 10.6 Å². The van der Waals surface area contributed by atoms with Crippen LogP contribution >= 0.6 is 11.8 Å². The smallest absolute Gasteiger partial charge is 0.326 e. The summed E-state index contributed by atoms with van der Waals surface area (Å²) in [7, 11) is 1.57. The predicted octanol–water partition coefficient (Wildman–Crippen LogP) is 1.31. The number of urea groups is 1. The zero-order chi connectivity index (χ0) is 14.8. The van der Waals surface area contributed by atoms with Crippen molar-refractivity contribution >= 4 is 23.8 Å². The fourth-order valence-electron chi connectivity index (χ4n) is 2.09. The first-order chi connectivity index (χ1) is 9.63. The summed E-state index contributed by atoms with van der Waals surface area (Å²) in [6, 6.07) is -1.25. The van der Waals surface area contributed by atoms with Gasteiger partial charge >= 0.3 is 12.0 Å². The molecule has 7 heteroatoms. The number of carbonyl (C=O) groups is 2. The number of hydrogen-bond donors (Lipinski definition) is 3. The number of carboxylic acids is 1. The van der Waals surface area contributed by atoms with Gasteiger partial charge in [-0.1, -0.05) is 0 Å². The molecule has 0 aliphatic carbocycles. The van der Waals surface area contributed by atoms with E-state index in [0.29, 0.717) is 31.9 Å². The SMILES string of the molecule is COCCCC(NC(=O)NCC1CCSCC1)C(=O)O. The first kappa shape index (κ1) is 17.1. The van der Waals surface area contributed by atoms with Crippen molar-refractivity contribution in [3.8, 4) is 0 Å². The fourth-order valence-corrected chi connectivity index (χ4v) is 3.29. The molecular formula is C13H24N2O4S. The quantitative estimate of drug-likeness (QED) is 0.589. The van der Waals surface area contributed by atoms with Crippen LogP contribution in [0.1, 0.15) is 25.7 Å². The Hall–Kier alpha value is -0.950. The fraction of sp³-hybridized carbons (Fsp3) is 0.846. The van der Waals surface area contributed by atoms with Gasteiger partial charge in [0.15, 0.2) is 0 Å². The van der Waals surface area contributed by atoms with Crippen molar-refractivity contribution in [2.45, 2.75) is 31.7 Å². The van der Waals surface area contributed by atoms with E-state index in [0.717, 1.165) is 24.3 Å². The van der Waals surface area contributed by atoms with E-state index in [1.54, 1.807) is 7.11 Å². The molecule has 0 bridgehead atoms. The maximum absolute atomic E-state index is 11.7. The predicted molar refractivity (Wildman–Crippen MR) is 79.1 cm³/mol. The zero-order valence-corrected chi connectivity index (χ0v) is 12.7. The Balaban J connectivity index is 2.24. The molecule has 1 saturated heterocycles. The van der Waals surface area contributed by atoms with Crippen molar-refractivity contribution in [3.63, 3.8) is 0 Å². The van der Waals surface area contributed by atoms with E-state index >= 15 is 0 Å². The van der Waals surface area contributed by atoms with E-state index in [-0.39, 0.29) is 0 Å². The van der Waals surface area contributed by atoms with Crippen LogP contribution in [0.15, 0.2) is 0 Å². The van der Waals surface area contributed by atoms with Crippen LogP contribution in [-0.4, -0.2) is 54.9 Å². The van der Waals surface area contributed by atoms with Gasteiger partial charge in [0.1, 0.15) is 6.04 Å². The topological polar surface area (TPSA) is 87.7 Å². The van der Waals surface area contributed by atoms with Crippen molar-refractivity contribution in [2.24, 2.45) is 5.92 Å². The second kappa shape index (κ2) is 9.88. The Morgan fingerprint density at radius 2 is 2.10 bits per heavy atom. The Morgan fingerprint density at radius 3 is 2.70 bits per heavy atom. The van der Waals surface area contributed by atoms with Gasteiger partial charge in [-0.25, -0.2) is 9.59 Å². The minimum atomic E-state index is -1.01. The van der Waals surface area contributed by atoms with Gasteiger partial charge in [-0.05, 0) is 43.1 Å². The van der Waals surface area contributed by atoms with Gasteiger partial charge in [-0.3, -0.25) is 0 Å². The highest BCUT2D eigenvalue weighted by Crippen LogP contribution is 2.21. The molecule has 1 heterocycles. The Bertz CT molecular complexity index is 309. The second-order valence-corrected chi connectivity index (χ2v) is 6.16. The summed E-state index contributed by atoms with van der Waals surface area (Å²) < 4.78 is 4.88. The highest BCUT2D eigenvalue weighted by molar-refractivity contribution is 7.99. The normalized spacial score (nSPS) is 17.4. The van der Waals surface area contributed by atoms with E-state index in [9.17, 15) is 9.59 Å². The van der Waals surface area contributed by atoms with Crippen LogP contribution in [0.4, 0.5) is 4.79 Å². The van der Waals surface area contributed by atoms with Gasteiger partial charge in [-0.2, -0.15) is 11.8 Å². The number of thioether (sulfide) groups is 1. The van der Waals surface area contributed by atoms with Gasteiger partial charge in [0.25, 0.3) is 0 Å². The summed E-state index contributed by atoms with van der Waals surface area (Å²) in [4.78, 5) is 22.8. The maximum atomic E-state index is 11.7. The molecule has 0 aromatic rings. The summed E-state index contributed by atoms with van der Waals surface area (Å²) in [6.07, 6.45) is 3.20. The lowest BCUT2D eigenvalue weighted by Crippen LogP contribution is -2.47.